The lowest BCUT2D eigenvalue weighted by molar-refractivity contribution is -0.384. The Bertz CT molecular complexity index is 984. The van der Waals surface area contributed by atoms with Crippen LogP contribution in [0.1, 0.15) is 18.7 Å². The lowest BCUT2D eigenvalue weighted by Crippen LogP contribution is -2.45. The number of thiocarbonyl (C=S) groups is 1. The van der Waals surface area contributed by atoms with Crippen molar-refractivity contribution in [1.82, 2.24) is 10.6 Å². The minimum absolute atomic E-state index is 0.0419. The Morgan fingerprint density at radius 2 is 2.10 bits per heavy atom. The molecule has 152 valence electrons. The topological polar surface area (TPSA) is 116 Å². The van der Waals surface area contributed by atoms with E-state index in [1.165, 1.54) is 19.2 Å². The fraction of sp³-hybridized carbons (Fsp3) is 0.263. The van der Waals surface area contributed by atoms with E-state index in [-0.39, 0.29) is 18.9 Å². The highest BCUT2D eigenvalue weighted by molar-refractivity contribution is 7.80. The summed E-state index contributed by atoms with van der Waals surface area (Å²) < 4.78 is 16.1. The predicted octanol–water partition coefficient (Wildman–Crippen LogP) is 2.84. The van der Waals surface area contributed by atoms with E-state index in [9.17, 15) is 14.9 Å². The molecule has 0 unspecified atom stereocenters. The summed E-state index contributed by atoms with van der Waals surface area (Å²) in [7, 11) is 1.52. The van der Waals surface area contributed by atoms with Gasteiger partial charge in [-0.1, -0.05) is 12.1 Å². The molecule has 0 bridgehead atoms. The van der Waals surface area contributed by atoms with E-state index in [0.29, 0.717) is 33.5 Å². The van der Waals surface area contributed by atoms with Gasteiger partial charge in [-0.15, -0.1) is 0 Å². The Morgan fingerprint density at radius 3 is 2.83 bits per heavy atom. The number of carbonyl (C=O) groups excluding carboxylic acids is 1. The third-order valence-electron chi connectivity index (χ3n) is 4.26. The SMILES string of the molecule is COCCOC(=O)C1=C(C)NC(=S)N[C@@H]1c1ccc(-c2cccc([N+](=O)[O-])c2)o1. The molecule has 2 heterocycles. The summed E-state index contributed by atoms with van der Waals surface area (Å²) in [4.78, 5) is 23.1. The molecule has 0 saturated carbocycles. The maximum atomic E-state index is 12.6. The van der Waals surface area contributed by atoms with E-state index in [0.717, 1.165) is 0 Å². The number of furan rings is 1. The van der Waals surface area contributed by atoms with Gasteiger partial charge < -0.3 is 24.5 Å². The molecule has 2 aromatic rings. The number of rotatable bonds is 7. The van der Waals surface area contributed by atoms with Crippen LogP contribution < -0.4 is 10.6 Å². The fourth-order valence-electron chi connectivity index (χ4n) is 2.91. The molecule has 9 nitrogen and oxygen atoms in total. The zero-order valence-corrected chi connectivity index (χ0v) is 16.6. The van der Waals surface area contributed by atoms with Crippen molar-refractivity contribution in [3.63, 3.8) is 0 Å². The largest absolute Gasteiger partial charge is 0.460 e. The molecule has 10 heteroatoms. The lowest BCUT2D eigenvalue weighted by Gasteiger charge is -2.28. The number of methoxy groups -OCH3 is 1. The molecule has 1 atom stereocenters. The number of nitrogens with one attached hydrogen (secondary N) is 2. The molecule has 0 saturated heterocycles. The van der Waals surface area contributed by atoms with Crippen molar-refractivity contribution in [2.45, 2.75) is 13.0 Å². The summed E-state index contributed by atoms with van der Waals surface area (Å²) in [5.74, 6) is 0.327. The number of allylic oxidation sites excluding steroid dienone is 1. The molecule has 1 aliphatic heterocycles. The zero-order chi connectivity index (χ0) is 21.0. The smallest absolute Gasteiger partial charge is 0.338 e. The fourth-order valence-corrected chi connectivity index (χ4v) is 3.18. The summed E-state index contributed by atoms with van der Waals surface area (Å²) in [5.41, 5.74) is 1.38. The molecule has 3 rings (SSSR count). The molecule has 0 amide bonds. The normalized spacial score (nSPS) is 16.2. The highest BCUT2D eigenvalue weighted by Gasteiger charge is 2.33. The summed E-state index contributed by atoms with van der Waals surface area (Å²) in [6.45, 7) is 2.11. The third-order valence-corrected chi connectivity index (χ3v) is 4.48. The van der Waals surface area contributed by atoms with Crippen molar-refractivity contribution in [2.24, 2.45) is 0 Å². The van der Waals surface area contributed by atoms with E-state index in [1.807, 2.05) is 0 Å². The van der Waals surface area contributed by atoms with Crippen LogP contribution in [-0.4, -0.2) is 36.3 Å². The molecule has 29 heavy (non-hydrogen) atoms. The molecular formula is C19H19N3O6S. The Balaban J connectivity index is 1.91. The van der Waals surface area contributed by atoms with Crippen molar-refractivity contribution in [3.05, 3.63) is 63.5 Å². The van der Waals surface area contributed by atoms with E-state index in [2.05, 4.69) is 10.6 Å². The van der Waals surface area contributed by atoms with Crippen LogP contribution in [0, 0.1) is 10.1 Å². The predicted molar refractivity (Wildman–Crippen MR) is 108 cm³/mol. The van der Waals surface area contributed by atoms with E-state index >= 15 is 0 Å². The number of nitrogens with zero attached hydrogens (tertiary/aromatic N) is 1. The van der Waals surface area contributed by atoms with Gasteiger partial charge in [0.1, 0.15) is 24.2 Å². The van der Waals surface area contributed by atoms with Crippen molar-refractivity contribution < 1.29 is 23.6 Å². The van der Waals surface area contributed by atoms with E-state index in [1.54, 1.807) is 31.2 Å². The number of non-ortho nitro benzene ring substituents is 1. The van der Waals surface area contributed by atoms with Crippen LogP contribution in [0.4, 0.5) is 5.69 Å². The minimum Gasteiger partial charge on any atom is -0.460 e. The van der Waals surface area contributed by atoms with E-state index in [4.69, 9.17) is 26.1 Å². The third kappa shape index (κ3) is 4.61. The monoisotopic (exact) mass is 417 g/mol. The Hall–Kier alpha value is -3.24. The van der Waals surface area contributed by atoms with Crippen LogP contribution in [0.2, 0.25) is 0 Å². The van der Waals surface area contributed by atoms with Crippen LogP contribution in [0.25, 0.3) is 11.3 Å². The molecule has 0 radical (unpaired) electrons. The van der Waals surface area contributed by atoms with Gasteiger partial charge in [0.15, 0.2) is 5.11 Å². The number of hydrogen-bond acceptors (Lipinski definition) is 7. The molecule has 0 spiro atoms. The maximum absolute atomic E-state index is 12.6. The molecule has 2 N–H and O–H groups in total. The van der Waals surface area contributed by atoms with Gasteiger partial charge in [-0.2, -0.15) is 0 Å². The molecular weight excluding hydrogens is 398 g/mol. The highest BCUT2D eigenvalue weighted by atomic mass is 32.1. The standard InChI is InChI=1S/C19H19N3O6S/c1-11-16(18(23)27-9-8-26-2)17(21-19(29)20-11)15-7-6-14(28-15)12-4-3-5-13(10-12)22(24)25/h3-7,10,17H,8-9H2,1-2H3,(H2,20,21,29)/t17-/m1/s1. The van der Waals surface area contributed by atoms with Crippen molar-refractivity contribution in [3.8, 4) is 11.3 Å². The molecule has 1 aromatic heterocycles. The average molecular weight is 417 g/mol. The number of hydrogen-bond donors (Lipinski definition) is 2. The number of benzene rings is 1. The van der Waals surface area contributed by atoms with Gasteiger partial charge in [0, 0.05) is 30.5 Å². The zero-order valence-electron chi connectivity index (χ0n) is 15.8. The first kappa shape index (κ1) is 20.5. The lowest BCUT2D eigenvalue weighted by atomic mass is 10.0. The van der Waals surface area contributed by atoms with Gasteiger partial charge in [0.2, 0.25) is 0 Å². The number of carbonyl (C=O) groups is 1. The van der Waals surface area contributed by atoms with Gasteiger partial charge in [0.05, 0.1) is 17.1 Å². The summed E-state index contributed by atoms with van der Waals surface area (Å²) >= 11 is 5.21. The van der Waals surface area contributed by atoms with Crippen molar-refractivity contribution >= 4 is 29.0 Å². The highest BCUT2D eigenvalue weighted by Crippen LogP contribution is 2.32. The van der Waals surface area contributed by atoms with Gasteiger partial charge in [-0.05, 0) is 31.3 Å². The van der Waals surface area contributed by atoms with Gasteiger partial charge in [-0.3, -0.25) is 10.1 Å². The van der Waals surface area contributed by atoms with Crippen LogP contribution in [0.15, 0.2) is 52.1 Å². The van der Waals surface area contributed by atoms with Crippen molar-refractivity contribution in [2.75, 3.05) is 20.3 Å². The first-order valence-electron chi connectivity index (χ1n) is 8.69. The second kappa shape index (κ2) is 8.84. The molecule has 0 fully saturated rings. The summed E-state index contributed by atoms with van der Waals surface area (Å²) in [6.07, 6.45) is 0. The molecule has 1 aromatic carbocycles. The minimum atomic E-state index is -0.661. The molecule has 0 aliphatic carbocycles. The number of nitro benzene ring substituents is 1. The Morgan fingerprint density at radius 1 is 1.31 bits per heavy atom. The average Bonchev–Trinajstić information content (AvgIpc) is 3.17. The first-order chi connectivity index (χ1) is 13.9. The molecule has 1 aliphatic rings. The first-order valence-corrected chi connectivity index (χ1v) is 9.10. The van der Waals surface area contributed by atoms with E-state index < -0.39 is 16.9 Å². The Kier molecular flexibility index (Phi) is 6.25. The van der Waals surface area contributed by atoms with Gasteiger partial charge in [-0.25, -0.2) is 4.79 Å². The van der Waals surface area contributed by atoms with Crippen LogP contribution >= 0.6 is 12.2 Å². The second-order valence-electron chi connectivity index (χ2n) is 6.21. The van der Waals surface area contributed by atoms with Crippen LogP contribution in [0.5, 0.6) is 0 Å². The summed E-state index contributed by atoms with van der Waals surface area (Å²) in [6, 6.07) is 8.82. The maximum Gasteiger partial charge on any atom is 0.338 e. The van der Waals surface area contributed by atoms with Crippen LogP contribution in [0.3, 0.4) is 0 Å². The number of nitro groups is 1. The Labute approximate surface area is 171 Å². The number of esters is 1. The quantitative estimate of drug-likeness (QED) is 0.231. The van der Waals surface area contributed by atoms with Gasteiger partial charge in [0.25, 0.3) is 5.69 Å². The van der Waals surface area contributed by atoms with Crippen molar-refractivity contribution in [1.29, 1.82) is 0 Å². The second-order valence-corrected chi connectivity index (χ2v) is 6.62. The van der Waals surface area contributed by atoms with Crippen LogP contribution in [-0.2, 0) is 14.3 Å². The summed E-state index contributed by atoms with van der Waals surface area (Å²) in [5, 5.41) is 17.3. The number of ether oxygens (including phenoxy) is 2. The van der Waals surface area contributed by atoms with Gasteiger partial charge >= 0.3 is 5.97 Å².